The standard InChI is InChI=1S/C13H27N3/c1-16(2)13(7-3-4-8-13)10-15-12-6-5-11(14)9-12/h11-12,15H,3-10,14H2,1-2H3. The van der Waals surface area contributed by atoms with Crippen LogP contribution >= 0.6 is 0 Å². The summed E-state index contributed by atoms with van der Waals surface area (Å²) in [5, 5.41) is 3.75. The fraction of sp³-hybridized carbons (Fsp3) is 1.00. The average Bonchev–Trinajstić information content (AvgIpc) is 2.84. The summed E-state index contributed by atoms with van der Waals surface area (Å²) in [5.74, 6) is 0. The fourth-order valence-corrected chi connectivity index (χ4v) is 3.35. The van der Waals surface area contributed by atoms with Gasteiger partial charge in [-0.3, -0.25) is 0 Å². The van der Waals surface area contributed by atoms with Gasteiger partial charge in [-0.15, -0.1) is 0 Å². The molecule has 2 rings (SSSR count). The molecule has 2 aliphatic rings. The molecule has 0 bridgehead atoms. The molecule has 2 fully saturated rings. The molecule has 0 aliphatic heterocycles. The largest absolute Gasteiger partial charge is 0.328 e. The zero-order valence-electron chi connectivity index (χ0n) is 10.8. The number of likely N-dealkylation sites (N-methyl/N-ethyl adjacent to an activating group) is 1. The Morgan fingerprint density at radius 3 is 2.44 bits per heavy atom. The van der Waals surface area contributed by atoms with Crippen molar-refractivity contribution in [1.29, 1.82) is 0 Å². The Kier molecular flexibility index (Phi) is 3.88. The molecule has 0 aromatic heterocycles. The van der Waals surface area contributed by atoms with E-state index in [0.717, 1.165) is 6.54 Å². The number of rotatable bonds is 4. The first-order valence-electron chi connectivity index (χ1n) is 6.79. The van der Waals surface area contributed by atoms with Crippen molar-refractivity contribution in [2.75, 3.05) is 20.6 Å². The molecule has 16 heavy (non-hydrogen) atoms. The third-order valence-electron chi connectivity index (χ3n) is 4.68. The van der Waals surface area contributed by atoms with E-state index in [1.807, 2.05) is 0 Å². The van der Waals surface area contributed by atoms with E-state index in [1.54, 1.807) is 0 Å². The van der Waals surface area contributed by atoms with Crippen LogP contribution in [-0.2, 0) is 0 Å². The number of nitrogens with two attached hydrogens (primary N) is 1. The van der Waals surface area contributed by atoms with E-state index in [4.69, 9.17) is 5.73 Å². The lowest BCUT2D eigenvalue weighted by molar-refractivity contribution is 0.149. The highest BCUT2D eigenvalue weighted by atomic mass is 15.2. The first-order valence-corrected chi connectivity index (χ1v) is 6.79. The van der Waals surface area contributed by atoms with Crippen molar-refractivity contribution in [3.63, 3.8) is 0 Å². The quantitative estimate of drug-likeness (QED) is 0.758. The van der Waals surface area contributed by atoms with Crippen LogP contribution in [0.25, 0.3) is 0 Å². The van der Waals surface area contributed by atoms with Crippen LogP contribution in [0.5, 0.6) is 0 Å². The summed E-state index contributed by atoms with van der Waals surface area (Å²) in [4.78, 5) is 2.43. The van der Waals surface area contributed by atoms with Gasteiger partial charge < -0.3 is 16.0 Å². The zero-order chi connectivity index (χ0) is 11.6. The van der Waals surface area contributed by atoms with Gasteiger partial charge in [-0.25, -0.2) is 0 Å². The smallest absolute Gasteiger partial charge is 0.0327 e. The fourth-order valence-electron chi connectivity index (χ4n) is 3.35. The summed E-state index contributed by atoms with van der Waals surface area (Å²) in [6.07, 6.45) is 9.13. The highest BCUT2D eigenvalue weighted by molar-refractivity contribution is 4.96. The summed E-state index contributed by atoms with van der Waals surface area (Å²) in [6.45, 7) is 1.15. The third-order valence-corrected chi connectivity index (χ3v) is 4.68. The maximum absolute atomic E-state index is 5.95. The predicted molar refractivity (Wildman–Crippen MR) is 68.5 cm³/mol. The molecule has 0 spiro atoms. The van der Waals surface area contributed by atoms with E-state index in [0.29, 0.717) is 17.6 Å². The van der Waals surface area contributed by atoms with Gasteiger partial charge in [0.15, 0.2) is 0 Å². The topological polar surface area (TPSA) is 41.3 Å². The minimum Gasteiger partial charge on any atom is -0.328 e. The van der Waals surface area contributed by atoms with Crippen molar-refractivity contribution in [2.45, 2.75) is 62.6 Å². The highest BCUT2D eigenvalue weighted by Gasteiger charge is 2.36. The summed E-state index contributed by atoms with van der Waals surface area (Å²) in [6, 6.07) is 1.11. The summed E-state index contributed by atoms with van der Waals surface area (Å²) < 4.78 is 0. The molecule has 2 saturated carbocycles. The van der Waals surface area contributed by atoms with Crippen molar-refractivity contribution in [3.8, 4) is 0 Å². The molecule has 0 aromatic carbocycles. The molecule has 94 valence electrons. The minimum absolute atomic E-state index is 0.423. The molecule has 2 aliphatic carbocycles. The van der Waals surface area contributed by atoms with Crippen LogP contribution in [-0.4, -0.2) is 43.2 Å². The van der Waals surface area contributed by atoms with Gasteiger partial charge in [-0.05, 0) is 46.2 Å². The van der Waals surface area contributed by atoms with Crippen molar-refractivity contribution >= 4 is 0 Å². The summed E-state index contributed by atoms with van der Waals surface area (Å²) in [5.41, 5.74) is 6.37. The van der Waals surface area contributed by atoms with Crippen LogP contribution in [0, 0.1) is 0 Å². The Bertz CT molecular complexity index is 221. The van der Waals surface area contributed by atoms with Crippen LogP contribution in [0.2, 0.25) is 0 Å². The predicted octanol–water partition coefficient (Wildman–Crippen LogP) is 1.33. The number of nitrogens with one attached hydrogen (secondary N) is 1. The number of hydrogen-bond donors (Lipinski definition) is 2. The molecule has 3 heteroatoms. The van der Waals surface area contributed by atoms with Gasteiger partial charge in [-0.1, -0.05) is 12.8 Å². The van der Waals surface area contributed by atoms with Gasteiger partial charge in [0.2, 0.25) is 0 Å². The van der Waals surface area contributed by atoms with Crippen LogP contribution in [0.15, 0.2) is 0 Å². The second-order valence-corrected chi connectivity index (χ2v) is 5.98. The van der Waals surface area contributed by atoms with Crippen LogP contribution in [0.4, 0.5) is 0 Å². The molecule has 0 saturated heterocycles. The molecule has 0 heterocycles. The molecule has 2 unspecified atom stereocenters. The molecule has 3 N–H and O–H groups in total. The maximum atomic E-state index is 5.95. The monoisotopic (exact) mass is 225 g/mol. The first-order chi connectivity index (χ1) is 7.62. The minimum atomic E-state index is 0.423. The molecule has 0 aromatic rings. The average molecular weight is 225 g/mol. The third kappa shape index (κ3) is 2.58. The Morgan fingerprint density at radius 1 is 1.25 bits per heavy atom. The van der Waals surface area contributed by atoms with Crippen LogP contribution < -0.4 is 11.1 Å². The zero-order valence-corrected chi connectivity index (χ0v) is 10.8. The van der Waals surface area contributed by atoms with Crippen LogP contribution in [0.3, 0.4) is 0 Å². The van der Waals surface area contributed by atoms with Crippen molar-refractivity contribution in [2.24, 2.45) is 5.73 Å². The van der Waals surface area contributed by atoms with E-state index < -0.39 is 0 Å². The summed E-state index contributed by atoms with van der Waals surface area (Å²) in [7, 11) is 4.46. The van der Waals surface area contributed by atoms with Gasteiger partial charge in [0.1, 0.15) is 0 Å². The number of nitrogens with zero attached hydrogens (tertiary/aromatic N) is 1. The Hall–Kier alpha value is -0.120. The first kappa shape index (κ1) is 12.3. The second-order valence-electron chi connectivity index (χ2n) is 5.98. The summed E-state index contributed by atoms with van der Waals surface area (Å²) >= 11 is 0. The molecule has 2 atom stereocenters. The van der Waals surface area contributed by atoms with E-state index in [-0.39, 0.29) is 0 Å². The van der Waals surface area contributed by atoms with Gasteiger partial charge in [0, 0.05) is 24.2 Å². The van der Waals surface area contributed by atoms with Gasteiger partial charge in [-0.2, -0.15) is 0 Å². The van der Waals surface area contributed by atoms with E-state index in [9.17, 15) is 0 Å². The number of hydrogen-bond acceptors (Lipinski definition) is 3. The maximum Gasteiger partial charge on any atom is 0.0327 e. The molecule has 3 nitrogen and oxygen atoms in total. The van der Waals surface area contributed by atoms with E-state index >= 15 is 0 Å². The lowest BCUT2D eigenvalue weighted by Crippen LogP contribution is -2.51. The van der Waals surface area contributed by atoms with Gasteiger partial charge in [0.25, 0.3) is 0 Å². The second kappa shape index (κ2) is 5.03. The van der Waals surface area contributed by atoms with Crippen LogP contribution in [0.1, 0.15) is 44.9 Å². The van der Waals surface area contributed by atoms with Crippen molar-refractivity contribution < 1.29 is 0 Å². The van der Waals surface area contributed by atoms with Crippen molar-refractivity contribution in [3.05, 3.63) is 0 Å². The normalized spacial score (nSPS) is 33.8. The van der Waals surface area contributed by atoms with Crippen molar-refractivity contribution in [1.82, 2.24) is 10.2 Å². The highest BCUT2D eigenvalue weighted by Crippen LogP contribution is 2.33. The molecular weight excluding hydrogens is 198 g/mol. The van der Waals surface area contributed by atoms with E-state index in [1.165, 1.54) is 44.9 Å². The van der Waals surface area contributed by atoms with E-state index in [2.05, 4.69) is 24.3 Å². The molecule has 0 amide bonds. The molecular formula is C13H27N3. The Labute approximate surface area is 99.8 Å². The SMILES string of the molecule is CN(C)C1(CNC2CCC(N)C2)CCCC1. The Morgan fingerprint density at radius 2 is 1.94 bits per heavy atom. The lowest BCUT2D eigenvalue weighted by Gasteiger charge is -2.37. The molecule has 0 radical (unpaired) electrons. The Balaban J connectivity index is 1.83. The lowest BCUT2D eigenvalue weighted by atomic mass is 9.95. The van der Waals surface area contributed by atoms with Gasteiger partial charge in [0.05, 0.1) is 0 Å². The van der Waals surface area contributed by atoms with Gasteiger partial charge >= 0.3 is 0 Å².